The second-order valence-corrected chi connectivity index (χ2v) is 30.4. The van der Waals surface area contributed by atoms with Crippen molar-refractivity contribution in [1.82, 2.24) is 68.8 Å². The van der Waals surface area contributed by atoms with E-state index in [-0.39, 0.29) is 43.8 Å². The summed E-state index contributed by atoms with van der Waals surface area (Å²) in [4.78, 5) is 19.6. The highest BCUT2D eigenvalue weighted by Gasteiger charge is 2.29. The molecule has 11 rings (SSSR count). The number of sulfonamides is 3. The van der Waals surface area contributed by atoms with Crippen molar-refractivity contribution < 1.29 is 48.3 Å². The van der Waals surface area contributed by atoms with Crippen LogP contribution in [0.4, 0.5) is 13.2 Å². The molecule has 10 aromatic rings. The van der Waals surface area contributed by atoms with E-state index >= 15 is 8.78 Å². The lowest BCUT2D eigenvalue weighted by molar-refractivity contribution is 0.0278. The van der Waals surface area contributed by atoms with Crippen molar-refractivity contribution in [2.45, 2.75) is 146 Å². The molecule has 1 fully saturated rings. The van der Waals surface area contributed by atoms with Gasteiger partial charge in [-0.25, -0.2) is 82.8 Å². The van der Waals surface area contributed by atoms with Gasteiger partial charge in [-0.15, -0.1) is 15.3 Å². The van der Waals surface area contributed by atoms with E-state index in [0.717, 1.165) is 89.4 Å². The predicted octanol–water partition coefficient (Wildman–Crippen LogP) is 8.21. The van der Waals surface area contributed by atoms with Crippen molar-refractivity contribution in [1.29, 1.82) is 0 Å². The van der Waals surface area contributed by atoms with Crippen molar-refractivity contribution >= 4 is 30.1 Å². The summed E-state index contributed by atoms with van der Waals surface area (Å²) >= 11 is 0. The van der Waals surface area contributed by atoms with E-state index in [0.29, 0.717) is 93.5 Å². The molecule has 2 atom stereocenters. The van der Waals surface area contributed by atoms with Crippen molar-refractivity contribution in [2.75, 3.05) is 33.9 Å². The van der Waals surface area contributed by atoms with Gasteiger partial charge in [0.15, 0.2) is 17.5 Å². The number of halogens is 3. The Kier molecular flexibility index (Phi) is 25.8. The lowest BCUT2D eigenvalue weighted by Crippen LogP contribution is -2.43. The number of aromatic nitrogens is 11. The number of hydrogen-bond acceptors (Lipinski definition) is 18. The monoisotopic (exact) mass is 1460 g/mol. The molecule has 4 aromatic heterocycles. The van der Waals surface area contributed by atoms with E-state index < -0.39 is 53.6 Å². The van der Waals surface area contributed by atoms with Crippen LogP contribution in [-0.4, -0.2) is 151 Å². The lowest BCUT2D eigenvalue weighted by Gasteiger charge is -2.34. The zero-order chi connectivity index (χ0) is 73.8. The smallest absolute Gasteiger partial charge is 0.238 e. The van der Waals surface area contributed by atoms with Crippen LogP contribution in [0, 0.1) is 38.2 Å². The van der Waals surface area contributed by atoms with E-state index in [1.165, 1.54) is 50.4 Å². The molecule has 0 radical (unpaired) electrons. The molecule has 6 aromatic carbocycles. The number of ether oxygens (including phenoxy) is 1. The molecule has 0 bridgehead atoms. The van der Waals surface area contributed by atoms with Gasteiger partial charge < -0.3 is 9.84 Å². The van der Waals surface area contributed by atoms with Crippen LogP contribution in [0.2, 0.25) is 0 Å². The van der Waals surface area contributed by atoms with Crippen LogP contribution in [0.25, 0.3) is 17.1 Å². The maximum Gasteiger partial charge on any atom is 0.238 e. The van der Waals surface area contributed by atoms with Crippen LogP contribution in [0.15, 0.2) is 154 Å². The number of primary sulfonamides is 3. The molecule has 1 aliphatic carbocycles. The minimum atomic E-state index is -4.03. The number of aliphatic hydroxyl groups excluding tert-OH is 1. The quantitative estimate of drug-likeness (QED) is 0.0397. The van der Waals surface area contributed by atoms with Gasteiger partial charge in [0.25, 0.3) is 0 Å². The molecule has 2 unspecified atom stereocenters. The summed E-state index contributed by atoms with van der Waals surface area (Å²) in [6.45, 7) is 16.2. The number of likely N-dealkylation sites (N-methyl/N-ethyl adjacent to an activating group) is 1. The number of benzene rings is 6. The molecule has 0 aliphatic heterocycles. The first-order valence-corrected chi connectivity index (χ1v) is 37.8. The molecule has 31 heteroatoms. The van der Waals surface area contributed by atoms with Crippen LogP contribution in [0.1, 0.15) is 120 Å². The Bertz CT molecular complexity index is 4890. The summed E-state index contributed by atoms with van der Waals surface area (Å²) < 4.78 is 126. The molecule has 0 saturated heterocycles. The topological polar surface area (TPSA) is 330 Å². The first-order valence-electron chi connectivity index (χ1n) is 33.1. The summed E-state index contributed by atoms with van der Waals surface area (Å²) in [6, 6.07) is 34.7. The molecule has 25 nitrogen and oxygen atoms in total. The average molecular weight is 1460 g/mol. The Balaban J connectivity index is 0.000000178. The van der Waals surface area contributed by atoms with Crippen LogP contribution < -0.4 is 15.4 Å². The number of methoxy groups -OCH3 is 1. The second-order valence-electron chi connectivity index (χ2n) is 25.8. The summed E-state index contributed by atoms with van der Waals surface area (Å²) in [5, 5.41) is 43.8. The zero-order valence-corrected chi connectivity index (χ0v) is 61.0. The fourth-order valence-corrected chi connectivity index (χ4v) is 13.5. The Hall–Kier alpha value is -8.73. The number of hydrogen-bond donors (Lipinski definition) is 4. The average Bonchev–Trinajstić information content (AvgIpc) is 1.60. The maximum atomic E-state index is 15.0. The van der Waals surface area contributed by atoms with Crippen molar-refractivity contribution in [3.05, 3.63) is 231 Å². The van der Waals surface area contributed by atoms with Gasteiger partial charge in [-0.05, 0) is 132 Å². The van der Waals surface area contributed by atoms with Crippen LogP contribution in [0.5, 0.6) is 0 Å². The summed E-state index contributed by atoms with van der Waals surface area (Å²) in [7, 11) is -6.63. The molecule has 0 spiro atoms. The SMILES string of the molecule is CCN(Cc1cnn(C)c1)Cc1nc(Cc2cccc(C)c2)n(-c2ccc(S(N)(=O)=O)cc2F)n1.COCCN(Cc1nc(Cc2cccc(C)c2)n(-c2ccc(S(N)(=O)=O)cc2F)n1)C(C)C.Cc1cccc(Cc2nc(CN(C)C3CCCCC3O)nn2-c2ccc(S(N)(=O)=O)cc2F)c1. The van der Waals surface area contributed by atoms with Crippen molar-refractivity contribution in [3.8, 4) is 17.1 Å². The van der Waals surface area contributed by atoms with Crippen LogP contribution >= 0.6 is 0 Å². The Morgan fingerprint density at radius 3 is 1.31 bits per heavy atom. The lowest BCUT2D eigenvalue weighted by atomic mass is 9.91. The largest absolute Gasteiger partial charge is 0.391 e. The number of nitrogens with zero attached hydrogens (tertiary/aromatic N) is 14. The van der Waals surface area contributed by atoms with E-state index in [1.807, 2.05) is 132 Å². The molecular formula is C71H88F3N17O8S3. The predicted molar refractivity (Wildman–Crippen MR) is 380 cm³/mol. The molecule has 1 saturated carbocycles. The first-order chi connectivity index (χ1) is 48.3. The molecule has 102 heavy (non-hydrogen) atoms. The molecule has 544 valence electrons. The van der Waals surface area contributed by atoms with Gasteiger partial charge in [-0.2, -0.15) is 5.10 Å². The second kappa shape index (κ2) is 34.0. The fourth-order valence-electron chi connectivity index (χ4n) is 12.0. The normalized spacial score (nSPS) is 14.4. The van der Waals surface area contributed by atoms with Crippen molar-refractivity contribution in [2.24, 2.45) is 22.5 Å². The van der Waals surface area contributed by atoms with Crippen molar-refractivity contribution in [3.63, 3.8) is 0 Å². The highest BCUT2D eigenvalue weighted by atomic mass is 32.2. The molecule has 4 heterocycles. The molecule has 1 aliphatic rings. The summed E-state index contributed by atoms with van der Waals surface area (Å²) in [6.07, 6.45) is 8.43. The Morgan fingerprint density at radius 1 is 0.569 bits per heavy atom. The van der Waals surface area contributed by atoms with Gasteiger partial charge in [0, 0.05) is 70.4 Å². The molecule has 0 amide bonds. The van der Waals surface area contributed by atoms with Crippen LogP contribution in [-0.2, 0) is 87.3 Å². The van der Waals surface area contributed by atoms with Gasteiger partial charge >= 0.3 is 0 Å². The fraction of sp³-hybridized carbons (Fsp3) is 0.366. The van der Waals surface area contributed by atoms with Crippen LogP contribution in [0.3, 0.4) is 0 Å². The molecular weight excluding hydrogens is 1370 g/mol. The Labute approximate surface area is 594 Å². The van der Waals surface area contributed by atoms with Gasteiger partial charge in [0.05, 0.1) is 53.2 Å². The summed E-state index contributed by atoms with van der Waals surface area (Å²) in [5.41, 5.74) is 7.69. The van der Waals surface area contributed by atoms with Gasteiger partial charge in [0.1, 0.15) is 52.0 Å². The van der Waals surface area contributed by atoms with E-state index in [4.69, 9.17) is 35.1 Å². The van der Waals surface area contributed by atoms with Gasteiger partial charge in [-0.3, -0.25) is 19.4 Å². The molecule has 7 N–H and O–H groups in total. The minimum Gasteiger partial charge on any atom is -0.391 e. The third-order valence-corrected chi connectivity index (χ3v) is 19.9. The highest BCUT2D eigenvalue weighted by molar-refractivity contribution is 7.89. The third-order valence-electron chi connectivity index (χ3n) is 17.2. The number of aryl methyl sites for hydroxylation is 4. The van der Waals surface area contributed by atoms with E-state index in [2.05, 4.69) is 44.0 Å². The van der Waals surface area contributed by atoms with E-state index in [1.54, 1.807) is 11.8 Å². The van der Waals surface area contributed by atoms with Gasteiger partial charge in [-0.1, -0.05) is 109 Å². The number of aliphatic hydroxyl groups is 1. The Morgan fingerprint density at radius 2 is 0.971 bits per heavy atom. The standard InChI is InChI=1S/C24H28FN7O2S.C24H30FN5O3S.C23H30FN5O3S/c1-4-31(15-19-13-27-30(3)14-19)16-23-28-24(11-18-7-5-6-17(2)10-18)32(29-23)22-9-8-20(12-21(22)25)35(26,33)34;1-16-6-5-7-17(12-16)13-24-27-23(15-29(2)21-8-3-4-9-22(21)31)28-30(24)20-11-10-18(14-19(20)25)34(26,32)33;1-16(2)28(10-11-32-4)15-22-26-23(13-18-7-5-6-17(3)12-18)29(27-22)21-9-8-19(14-20(21)24)33(25,30)31/h5-10,12-14H,4,11,15-16H2,1-3H3,(H2,26,33,34);5-7,10-12,14,21-22,31H,3-4,8-9,13,15H2,1-2H3,(H2,26,32,33);5-9,12,14,16H,10-11,13,15H2,1-4H3,(H2,25,30,31). The third kappa shape index (κ3) is 21.0. The maximum absolute atomic E-state index is 15.0. The number of nitrogens with two attached hydrogens (primary N) is 3. The zero-order valence-electron chi connectivity index (χ0n) is 58.6. The first kappa shape index (κ1) is 77.4. The van der Waals surface area contributed by atoms with Gasteiger partial charge in [0.2, 0.25) is 30.1 Å². The van der Waals surface area contributed by atoms with E-state index in [9.17, 15) is 34.8 Å². The minimum absolute atomic E-state index is 0.0201. The highest BCUT2D eigenvalue weighted by Crippen LogP contribution is 2.28. The summed E-state index contributed by atoms with van der Waals surface area (Å²) in [5.74, 6) is 0.942. The number of rotatable bonds is 26.